The molecule has 3 heteroatoms. The van der Waals surface area contributed by atoms with Gasteiger partial charge in [-0.25, -0.2) is 0 Å². The molecular formula is C14H26N2O. The second-order valence-corrected chi connectivity index (χ2v) is 5.23. The zero-order chi connectivity index (χ0) is 12.1. The van der Waals surface area contributed by atoms with Gasteiger partial charge in [0.1, 0.15) is 0 Å². The van der Waals surface area contributed by atoms with Crippen molar-refractivity contribution < 1.29 is 4.74 Å². The first-order chi connectivity index (χ1) is 8.31. The van der Waals surface area contributed by atoms with Crippen LogP contribution >= 0.6 is 0 Å². The highest BCUT2D eigenvalue weighted by atomic mass is 16.5. The summed E-state index contributed by atoms with van der Waals surface area (Å²) in [6.45, 7) is 6.19. The first-order valence-electron chi connectivity index (χ1n) is 7.03. The van der Waals surface area contributed by atoms with Crippen molar-refractivity contribution in [3.63, 3.8) is 0 Å². The maximum Gasteiger partial charge on any atom is 0.0893 e. The summed E-state index contributed by atoms with van der Waals surface area (Å²) in [4.78, 5) is 2.38. The van der Waals surface area contributed by atoms with E-state index in [1.165, 1.54) is 25.7 Å². The monoisotopic (exact) mass is 238 g/mol. The van der Waals surface area contributed by atoms with E-state index in [2.05, 4.69) is 30.3 Å². The van der Waals surface area contributed by atoms with Gasteiger partial charge in [0.15, 0.2) is 0 Å². The number of hydrogen-bond acceptors (Lipinski definition) is 3. The van der Waals surface area contributed by atoms with Gasteiger partial charge in [0.2, 0.25) is 0 Å². The molecule has 2 unspecified atom stereocenters. The van der Waals surface area contributed by atoms with Crippen molar-refractivity contribution in [1.29, 1.82) is 0 Å². The largest absolute Gasteiger partial charge is 0.374 e. The van der Waals surface area contributed by atoms with Crippen LogP contribution in [-0.4, -0.2) is 50.3 Å². The highest BCUT2D eigenvalue weighted by Gasteiger charge is 2.29. The fourth-order valence-corrected chi connectivity index (χ4v) is 2.88. The quantitative estimate of drug-likeness (QED) is 0.756. The predicted octanol–water partition coefficient (Wildman–Crippen LogP) is 1.80. The molecule has 17 heavy (non-hydrogen) atoms. The molecule has 0 aromatic heterocycles. The second-order valence-electron chi connectivity index (χ2n) is 5.23. The molecule has 2 rings (SSSR count). The molecule has 2 atom stereocenters. The average molecular weight is 238 g/mol. The molecule has 0 bridgehead atoms. The van der Waals surface area contributed by atoms with Gasteiger partial charge in [-0.15, -0.1) is 0 Å². The summed E-state index contributed by atoms with van der Waals surface area (Å²) in [7, 11) is 2.19. The molecule has 0 spiro atoms. The molecule has 3 nitrogen and oxygen atoms in total. The van der Waals surface area contributed by atoms with E-state index in [9.17, 15) is 0 Å². The summed E-state index contributed by atoms with van der Waals surface area (Å²) in [5.41, 5.74) is 1.58. The van der Waals surface area contributed by atoms with Crippen molar-refractivity contribution in [3.8, 4) is 0 Å². The molecule has 1 aliphatic carbocycles. The van der Waals surface area contributed by atoms with Crippen LogP contribution in [0.4, 0.5) is 0 Å². The van der Waals surface area contributed by atoms with E-state index in [1.54, 1.807) is 5.57 Å². The molecule has 98 valence electrons. The lowest BCUT2D eigenvalue weighted by molar-refractivity contribution is -0.0326. The lowest BCUT2D eigenvalue weighted by Crippen LogP contribution is -2.52. The molecule has 0 amide bonds. The van der Waals surface area contributed by atoms with Gasteiger partial charge < -0.3 is 15.0 Å². The normalized spacial score (nSPS) is 28.8. The molecule has 0 aromatic carbocycles. The van der Waals surface area contributed by atoms with Crippen LogP contribution in [0.2, 0.25) is 0 Å². The van der Waals surface area contributed by atoms with Crippen molar-refractivity contribution in [3.05, 3.63) is 11.6 Å². The van der Waals surface area contributed by atoms with Gasteiger partial charge in [-0.05, 0) is 39.3 Å². The first kappa shape index (κ1) is 13.1. The summed E-state index contributed by atoms with van der Waals surface area (Å²) in [5, 5.41) is 3.62. The molecule has 1 saturated heterocycles. The van der Waals surface area contributed by atoms with Crippen molar-refractivity contribution >= 4 is 0 Å². The van der Waals surface area contributed by atoms with Gasteiger partial charge in [0, 0.05) is 13.1 Å². The van der Waals surface area contributed by atoms with Crippen LogP contribution in [0.5, 0.6) is 0 Å². The minimum Gasteiger partial charge on any atom is -0.374 e. The third-order valence-electron chi connectivity index (χ3n) is 3.82. The smallest absolute Gasteiger partial charge is 0.0893 e. The Morgan fingerprint density at radius 3 is 3.06 bits per heavy atom. The topological polar surface area (TPSA) is 24.5 Å². The summed E-state index contributed by atoms with van der Waals surface area (Å²) in [6, 6.07) is 0.433. The maximum absolute atomic E-state index is 5.97. The fourth-order valence-electron chi connectivity index (χ4n) is 2.88. The highest BCUT2D eigenvalue weighted by molar-refractivity contribution is 5.16. The molecule has 1 N–H and O–H groups in total. The SMILES string of the molecule is CCNC(C1=CCCCC1)C1CN(C)CCO1. The Labute approximate surface area is 105 Å². The lowest BCUT2D eigenvalue weighted by atomic mass is 9.90. The number of nitrogens with zero attached hydrogens (tertiary/aromatic N) is 1. The maximum atomic E-state index is 5.97. The number of allylic oxidation sites excluding steroid dienone is 1. The van der Waals surface area contributed by atoms with E-state index < -0.39 is 0 Å². The Morgan fingerprint density at radius 2 is 2.41 bits per heavy atom. The van der Waals surface area contributed by atoms with E-state index in [1.807, 2.05) is 0 Å². The summed E-state index contributed by atoms with van der Waals surface area (Å²) < 4.78 is 5.97. The van der Waals surface area contributed by atoms with Crippen LogP contribution in [0.3, 0.4) is 0 Å². The van der Waals surface area contributed by atoms with E-state index in [4.69, 9.17) is 4.74 Å². The van der Waals surface area contributed by atoms with E-state index in [0.717, 1.165) is 26.2 Å². The summed E-state index contributed by atoms with van der Waals surface area (Å²) >= 11 is 0. The van der Waals surface area contributed by atoms with Gasteiger partial charge in [-0.2, -0.15) is 0 Å². The molecule has 0 saturated carbocycles. The van der Waals surface area contributed by atoms with Crippen molar-refractivity contribution in [2.45, 2.75) is 44.8 Å². The van der Waals surface area contributed by atoms with Crippen molar-refractivity contribution in [2.75, 3.05) is 33.3 Å². The Balaban J connectivity index is 2.02. The summed E-state index contributed by atoms with van der Waals surface area (Å²) in [5.74, 6) is 0. The fraction of sp³-hybridized carbons (Fsp3) is 0.857. The third-order valence-corrected chi connectivity index (χ3v) is 3.82. The standard InChI is InChI=1S/C14H26N2O/c1-3-15-14(12-7-5-4-6-8-12)13-11-16(2)9-10-17-13/h7,13-15H,3-6,8-11H2,1-2H3. The Bertz CT molecular complexity index is 265. The van der Waals surface area contributed by atoms with Gasteiger partial charge in [-0.3, -0.25) is 0 Å². The van der Waals surface area contributed by atoms with Gasteiger partial charge in [-0.1, -0.05) is 18.6 Å². The molecular weight excluding hydrogens is 212 g/mol. The number of hydrogen-bond donors (Lipinski definition) is 1. The Hall–Kier alpha value is -0.380. The number of likely N-dealkylation sites (N-methyl/N-ethyl adjacent to an activating group) is 2. The van der Waals surface area contributed by atoms with E-state index in [-0.39, 0.29) is 0 Å². The second kappa shape index (κ2) is 6.53. The number of morpholine rings is 1. The van der Waals surface area contributed by atoms with Crippen molar-refractivity contribution in [2.24, 2.45) is 0 Å². The molecule has 1 fully saturated rings. The molecule has 1 aliphatic heterocycles. The number of ether oxygens (including phenoxy) is 1. The lowest BCUT2D eigenvalue weighted by Gasteiger charge is -2.37. The van der Waals surface area contributed by atoms with Crippen molar-refractivity contribution in [1.82, 2.24) is 10.2 Å². The van der Waals surface area contributed by atoms with E-state index >= 15 is 0 Å². The van der Waals surface area contributed by atoms with Crippen LogP contribution in [-0.2, 0) is 4.74 Å². The van der Waals surface area contributed by atoms with Gasteiger partial charge >= 0.3 is 0 Å². The van der Waals surface area contributed by atoms with Crippen LogP contribution in [0, 0.1) is 0 Å². The number of rotatable bonds is 4. The Morgan fingerprint density at radius 1 is 1.53 bits per heavy atom. The van der Waals surface area contributed by atoms with Crippen LogP contribution in [0.1, 0.15) is 32.6 Å². The molecule has 0 aromatic rings. The van der Waals surface area contributed by atoms with Gasteiger partial charge in [0.05, 0.1) is 18.8 Å². The van der Waals surface area contributed by atoms with Crippen LogP contribution in [0.15, 0.2) is 11.6 Å². The number of nitrogens with one attached hydrogen (secondary N) is 1. The zero-order valence-electron chi connectivity index (χ0n) is 11.2. The first-order valence-corrected chi connectivity index (χ1v) is 7.03. The van der Waals surface area contributed by atoms with Crippen LogP contribution in [0.25, 0.3) is 0 Å². The third kappa shape index (κ3) is 3.54. The highest BCUT2D eigenvalue weighted by Crippen LogP contribution is 2.24. The molecule has 1 heterocycles. The van der Waals surface area contributed by atoms with Crippen LogP contribution < -0.4 is 5.32 Å². The average Bonchev–Trinajstić information content (AvgIpc) is 2.37. The predicted molar refractivity (Wildman–Crippen MR) is 71.3 cm³/mol. The molecule has 0 radical (unpaired) electrons. The van der Waals surface area contributed by atoms with E-state index in [0.29, 0.717) is 12.1 Å². The minimum atomic E-state index is 0.332. The van der Waals surface area contributed by atoms with Gasteiger partial charge in [0.25, 0.3) is 0 Å². The summed E-state index contributed by atoms with van der Waals surface area (Å²) in [6.07, 6.45) is 7.97. The minimum absolute atomic E-state index is 0.332. The molecule has 2 aliphatic rings. The Kier molecular flexibility index (Phi) is 5.01. The zero-order valence-corrected chi connectivity index (χ0v) is 11.2.